The van der Waals surface area contributed by atoms with Crippen LogP contribution in [0.1, 0.15) is 38.5 Å². The Kier molecular flexibility index (Phi) is 6.75. The van der Waals surface area contributed by atoms with Crippen LogP contribution < -0.4 is 0 Å². The second-order valence-corrected chi connectivity index (χ2v) is 7.07. The van der Waals surface area contributed by atoms with E-state index in [0.717, 1.165) is 31.2 Å². The summed E-state index contributed by atoms with van der Waals surface area (Å²) in [5.74, 6) is 3.91. The molecule has 1 aliphatic carbocycles. The van der Waals surface area contributed by atoms with Crippen LogP contribution >= 0.6 is 11.8 Å². The number of hydrogen-bond donors (Lipinski definition) is 0. The topological polar surface area (TPSA) is 29.5 Å². The van der Waals surface area contributed by atoms with Crippen LogP contribution in [0.25, 0.3) is 0 Å². The fourth-order valence-electron chi connectivity index (χ4n) is 3.05. The summed E-state index contributed by atoms with van der Waals surface area (Å²) in [5, 5.41) is 0.721. The minimum Gasteiger partial charge on any atom is -0.368 e. The summed E-state index contributed by atoms with van der Waals surface area (Å²) in [6, 6.07) is 0. The standard InChI is InChI=1S/C16H25NO2S/c1-2-10-19-12-14-6-5-9-17(11-14)16(18)13-20-15-7-3-4-8-15/h1,14-15H,3-13H2. The van der Waals surface area contributed by atoms with E-state index in [0.29, 0.717) is 30.8 Å². The van der Waals surface area contributed by atoms with Gasteiger partial charge in [-0.05, 0) is 31.6 Å². The maximum atomic E-state index is 12.3. The van der Waals surface area contributed by atoms with Crippen LogP contribution in [0.4, 0.5) is 0 Å². The highest BCUT2D eigenvalue weighted by atomic mass is 32.2. The van der Waals surface area contributed by atoms with Crippen LogP contribution in [0.15, 0.2) is 0 Å². The van der Waals surface area contributed by atoms with Crippen LogP contribution in [0.5, 0.6) is 0 Å². The van der Waals surface area contributed by atoms with Crippen molar-refractivity contribution in [3.05, 3.63) is 0 Å². The number of carbonyl (C=O) groups excluding carboxylic acids is 1. The average Bonchev–Trinajstić information content (AvgIpc) is 2.99. The van der Waals surface area contributed by atoms with Gasteiger partial charge in [-0.25, -0.2) is 0 Å². The summed E-state index contributed by atoms with van der Waals surface area (Å²) in [6.07, 6.45) is 12.7. The van der Waals surface area contributed by atoms with Crippen LogP contribution in [0.2, 0.25) is 0 Å². The van der Waals surface area contributed by atoms with Gasteiger partial charge in [-0.1, -0.05) is 18.8 Å². The van der Waals surface area contributed by atoms with E-state index < -0.39 is 0 Å². The molecule has 0 N–H and O–H groups in total. The minimum atomic E-state index is 0.309. The van der Waals surface area contributed by atoms with Gasteiger partial charge in [0.05, 0.1) is 12.4 Å². The Morgan fingerprint density at radius 1 is 1.30 bits per heavy atom. The molecule has 0 aromatic heterocycles. The highest BCUT2D eigenvalue weighted by Gasteiger charge is 2.25. The maximum absolute atomic E-state index is 12.3. The molecule has 0 aromatic rings. The van der Waals surface area contributed by atoms with Crippen molar-refractivity contribution in [2.45, 2.75) is 43.8 Å². The first kappa shape index (κ1) is 15.7. The molecule has 0 bridgehead atoms. The number of amides is 1. The molecule has 3 nitrogen and oxygen atoms in total. The van der Waals surface area contributed by atoms with E-state index in [-0.39, 0.29) is 0 Å². The Morgan fingerprint density at radius 2 is 2.10 bits per heavy atom. The lowest BCUT2D eigenvalue weighted by atomic mass is 9.99. The third kappa shape index (κ3) is 5.03. The Hall–Kier alpha value is -0.660. The fourth-order valence-corrected chi connectivity index (χ4v) is 4.28. The van der Waals surface area contributed by atoms with E-state index in [2.05, 4.69) is 5.92 Å². The van der Waals surface area contributed by atoms with Gasteiger partial charge in [0.1, 0.15) is 6.61 Å². The van der Waals surface area contributed by atoms with E-state index in [1.54, 1.807) is 0 Å². The molecule has 2 aliphatic rings. The molecule has 0 radical (unpaired) electrons. The van der Waals surface area contributed by atoms with E-state index in [1.165, 1.54) is 25.7 Å². The number of ether oxygens (including phenoxy) is 1. The summed E-state index contributed by atoms with van der Waals surface area (Å²) in [5.41, 5.74) is 0. The molecular weight excluding hydrogens is 270 g/mol. The van der Waals surface area contributed by atoms with Crippen molar-refractivity contribution in [3.63, 3.8) is 0 Å². The van der Waals surface area contributed by atoms with Gasteiger partial charge in [0.2, 0.25) is 5.91 Å². The zero-order valence-electron chi connectivity index (χ0n) is 12.2. The van der Waals surface area contributed by atoms with Crippen LogP contribution in [-0.4, -0.2) is 48.1 Å². The second-order valence-electron chi connectivity index (χ2n) is 5.78. The Bertz CT molecular complexity index is 347. The van der Waals surface area contributed by atoms with Crippen molar-refractivity contribution in [2.24, 2.45) is 5.92 Å². The molecule has 1 aliphatic heterocycles. The Labute approximate surface area is 126 Å². The molecule has 1 amide bonds. The monoisotopic (exact) mass is 295 g/mol. The van der Waals surface area contributed by atoms with Crippen LogP contribution in [0.3, 0.4) is 0 Å². The number of terminal acetylenes is 1. The summed E-state index contributed by atoms with van der Waals surface area (Å²) < 4.78 is 5.41. The highest BCUT2D eigenvalue weighted by Crippen LogP contribution is 2.29. The number of likely N-dealkylation sites (tertiary alicyclic amines) is 1. The highest BCUT2D eigenvalue weighted by molar-refractivity contribution is 8.00. The SMILES string of the molecule is C#CCOCC1CCCN(C(=O)CSC2CCCC2)C1. The van der Waals surface area contributed by atoms with Crippen molar-refractivity contribution in [1.82, 2.24) is 4.90 Å². The number of rotatable bonds is 6. The summed E-state index contributed by atoms with van der Waals surface area (Å²) >= 11 is 1.86. The molecule has 1 atom stereocenters. The van der Waals surface area contributed by atoms with Gasteiger partial charge >= 0.3 is 0 Å². The summed E-state index contributed by atoms with van der Waals surface area (Å²) in [4.78, 5) is 14.3. The number of nitrogens with zero attached hydrogens (tertiary/aromatic N) is 1. The van der Waals surface area contributed by atoms with Gasteiger partial charge < -0.3 is 9.64 Å². The van der Waals surface area contributed by atoms with E-state index in [1.807, 2.05) is 16.7 Å². The first-order valence-electron chi connectivity index (χ1n) is 7.70. The molecule has 112 valence electrons. The lowest BCUT2D eigenvalue weighted by Crippen LogP contribution is -2.42. The zero-order valence-corrected chi connectivity index (χ0v) is 13.0. The third-order valence-electron chi connectivity index (χ3n) is 4.16. The van der Waals surface area contributed by atoms with Gasteiger partial charge in [-0.2, -0.15) is 0 Å². The number of carbonyl (C=O) groups is 1. The zero-order chi connectivity index (χ0) is 14.2. The van der Waals surface area contributed by atoms with Gasteiger partial charge in [0.25, 0.3) is 0 Å². The average molecular weight is 295 g/mol. The van der Waals surface area contributed by atoms with Crippen molar-refractivity contribution < 1.29 is 9.53 Å². The van der Waals surface area contributed by atoms with Gasteiger partial charge in [-0.3, -0.25) is 4.79 Å². The molecule has 1 saturated heterocycles. The van der Waals surface area contributed by atoms with E-state index in [4.69, 9.17) is 11.2 Å². The smallest absolute Gasteiger partial charge is 0.232 e. The normalized spacial score (nSPS) is 23.8. The quantitative estimate of drug-likeness (QED) is 0.557. The predicted octanol–water partition coefficient (Wildman–Crippen LogP) is 2.55. The molecule has 2 rings (SSSR count). The predicted molar refractivity (Wildman–Crippen MR) is 83.7 cm³/mol. The number of hydrogen-bond acceptors (Lipinski definition) is 3. The summed E-state index contributed by atoms with van der Waals surface area (Å²) in [6.45, 7) is 2.82. The van der Waals surface area contributed by atoms with Crippen molar-refractivity contribution >= 4 is 17.7 Å². The molecule has 2 fully saturated rings. The molecule has 4 heteroatoms. The first-order valence-corrected chi connectivity index (χ1v) is 8.75. The summed E-state index contributed by atoms with van der Waals surface area (Å²) in [7, 11) is 0. The lowest BCUT2D eigenvalue weighted by molar-refractivity contribution is -0.130. The minimum absolute atomic E-state index is 0.309. The van der Waals surface area contributed by atoms with E-state index >= 15 is 0 Å². The molecular formula is C16H25NO2S. The van der Waals surface area contributed by atoms with Crippen LogP contribution in [0, 0.1) is 18.3 Å². The van der Waals surface area contributed by atoms with Crippen molar-refractivity contribution in [3.8, 4) is 12.3 Å². The Balaban J connectivity index is 1.67. The molecule has 1 saturated carbocycles. The first-order chi connectivity index (χ1) is 9.79. The largest absolute Gasteiger partial charge is 0.368 e. The molecule has 1 unspecified atom stereocenters. The van der Waals surface area contributed by atoms with Gasteiger partial charge in [-0.15, -0.1) is 18.2 Å². The van der Waals surface area contributed by atoms with Crippen LogP contribution in [-0.2, 0) is 9.53 Å². The number of thioether (sulfide) groups is 1. The molecule has 1 heterocycles. The Morgan fingerprint density at radius 3 is 2.85 bits per heavy atom. The second kappa shape index (κ2) is 8.59. The van der Waals surface area contributed by atoms with Gasteiger partial charge in [0.15, 0.2) is 0 Å². The number of piperidine rings is 1. The maximum Gasteiger partial charge on any atom is 0.232 e. The lowest BCUT2D eigenvalue weighted by Gasteiger charge is -2.32. The molecule has 20 heavy (non-hydrogen) atoms. The van der Waals surface area contributed by atoms with Crippen molar-refractivity contribution in [1.29, 1.82) is 0 Å². The molecule has 0 aromatic carbocycles. The van der Waals surface area contributed by atoms with Crippen molar-refractivity contribution in [2.75, 3.05) is 32.1 Å². The molecule has 0 spiro atoms. The van der Waals surface area contributed by atoms with E-state index in [9.17, 15) is 4.79 Å². The third-order valence-corrected chi connectivity index (χ3v) is 5.51. The van der Waals surface area contributed by atoms with Gasteiger partial charge in [0, 0.05) is 18.3 Å². The fraction of sp³-hybridized carbons (Fsp3) is 0.812.